The predicted octanol–water partition coefficient (Wildman–Crippen LogP) is 12.3. The van der Waals surface area contributed by atoms with E-state index in [4.69, 9.17) is 59.5 Å². The molecule has 0 radical (unpaired) electrons. The maximum absolute atomic E-state index is 13.7. The Morgan fingerprint density at radius 3 is 1.23 bits per heavy atom. The number of nitrogens with zero attached hydrogens (tertiary/aromatic N) is 6. The molecule has 0 saturated carbocycles. The number of aromatic hydroxyl groups is 3. The van der Waals surface area contributed by atoms with E-state index in [2.05, 4.69) is 0 Å². The summed E-state index contributed by atoms with van der Waals surface area (Å²) in [4.78, 5) is 80.9. The lowest BCUT2D eigenvalue weighted by atomic mass is 10.1. The van der Waals surface area contributed by atoms with E-state index in [0.29, 0.717) is 16.0 Å². The maximum Gasteiger partial charge on any atom is 0.267 e. The molecule has 0 aliphatic rings. The van der Waals surface area contributed by atoms with E-state index >= 15 is 0 Å². The number of fused-ring (bicyclic) bond motifs is 3. The Kier molecular flexibility index (Phi) is 12.3. The van der Waals surface area contributed by atoms with Crippen LogP contribution >= 0.6 is 34.8 Å². The smallest absolute Gasteiger partial charge is 0.267 e. The average Bonchev–Trinajstić information content (AvgIpc) is 0.756. The second-order valence-corrected chi connectivity index (χ2v) is 18.2. The summed E-state index contributed by atoms with van der Waals surface area (Å²) in [6.07, 6.45) is 0. The lowest BCUT2D eigenvalue weighted by Gasteiger charge is -2.22. The first-order chi connectivity index (χ1) is 44.3. The van der Waals surface area contributed by atoms with E-state index in [1.807, 2.05) is 0 Å². The van der Waals surface area contributed by atoms with Crippen molar-refractivity contribution in [2.75, 3.05) is 34.2 Å². The van der Waals surface area contributed by atoms with Crippen LogP contribution in [0.25, 0.3) is 32.7 Å². The summed E-state index contributed by atoms with van der Waals surface area (Å²) < 4.78 is 147. The monoisotopic (exact) mass is 1140 g/mol. The molecule has 0 spiro atoms. The molecule has 9 rings (SSSR count). The fraction of sp³-hybridized carbons (Fsp3) is 0.213. The molecule has 9 aromatic rings. The number of halogens is 3. The summed E-state index contributed by atoms with van der Waals surface area (Å²) in [6.45, 7) is -7.69. The van der Waals surface area contributed by atoms with E-state index in [-0.39, 0.29) is 95.7 Å². The van der Waals surface area contributed by atoms with E-state index in [9.17, 15) is 44.1 Å². The zero-order chi connectivity index (χ0) is 72.6. The number of carbonyl (C=O) groups excluding carboxylic acids is 3. The molecule has 18 heteroatoms. The van der Waals surface area contributed by atoms with Gasteiger partial charge in [-0.25, -0.2) is 0 Å². The summed E-state index contributed by atoms with van der Waals surface area (Å²) in [5.41, 5.74) is -5.09. The third-order valence-electron chi connectivity index (χ3n) is 12.1. The Balaban J connectivity index is 0.000000229. The molecule has 15 nitrogen and oxygen atoms in total. The second kappa shape index (κ2) is 25.0. The van der Waals surface area contributed by atoms with Crippen molar-refractivity contribution in [3.8, 4) is 17.2 Å². The Bertz CT molecular complexity index is 4890. The number of anilines is 3. The minimum Gasteiger partial charge on any atom is -0.506 e. The Hall–Kier alpha value is -8.37. The highest BCUT2D eigenvalue weighted by atomic mass is 35.5. The van der Waals surface area contributed by atoms with Crippen LogP contribution < -0.4 is 31.4 Å². The molecule has 3 amide bonds. The van der Waals surface area contributed by atoms with Crippen molar-refractivity contribution in [3.63, 3.8) is 0 Å². The molecule has 0 unspecified atom stereocenters. The van der Waals surface area contributed by atoms with Crippen molar-refractivity contribution >= 4 is 102 Å². The van der Waals surface area contributed by atoms with Gasteiger partial charge < -0.3 is 43.7 Å². The van der Waals surface area contributed by atoms with Gasteiger partial charge in [0.1, 0.15) is 33.9 Å². The Morgan fingerprint density at radius 1 is 0.532 bits per heavy atom. The molecule has 6 aromatic carbocycles. The van der Waals surface area contributed by atoms with Crippen LogP contribution in [-0.4, -0.2) is 66.3 Å². The molecule has 410 valence electrons. The van der Waals surface area contributed by atoms with Crippen molar-refractivity contribution in [3.05, 3.63) is 207 Å². The van der Waals surface area contributed by atoms with Crippen molar-refractivity contribution < 1.29 is 54.4 Å². The zero-order valence-electron chi connectivity index (χ0n) is 60.3. The van der Waals surface area contributed by atoms with Gasteiger partial charge in [0.15, 0.2) is 0 Å². The lowest BCUT2D eigenvalue weighted by Crippen LogP contribution is -2.36. The van der Waals surface area contributed by atoms with Gasteiger partial charge in [0.05, 0.1) is 58.7 Å². The molecule has 79 heavy (non-hydrogen) atoms. The zero-order valence-corrected chi connectivity index (χ0v) is 44.6. The van der Waals surface area contributed by atoms with Crippen LogP contribution in [0, 0.1) is 20.8 Å². The molecule has 3 aromatic heterocycles. The maximum atomic E-state index is 13.7. The van der Waals surface area contributed by atoms with E-state index in [1.165, 1.54) is 94.2 Å². The summed E-state index contributed by atoms with van der Waals surface area (Å²) in [5.74, 6) is -6.15. The number of aryl methyl sites for hydroxylation is 4. The molecule has 3 heterocycles. The van der Waals surface area contributed by atoms with Crippen molar-refractivity contribution in [1.29, 1.82) is 0 Å². The van der Waals surface area contributed by atoms with Gasteiger partial charge in [0.2, 0.25) is 0 Å². The minimum atomic E-state index is -3.61. The first-order valence-corrected chi connectivity index (χ1v) is 24.1. The standard InChI is InChI=1S/3C20H19ClN2O3.CH4/c3*1-4-23(13-8-5-7-12(2)11-13)20(26)17-18(24)16-14(21)9-6-10-15(16)22(3)19(17)25;/h3*5-11,24H,4H2,1-3H3;1H4/i1D3,4D2,5D,7D,8D,11D;5D,7D,8D,11D;1D3,4D2;. The normalized spacial score (nSPS) is 14.8. The molecular weight excluding hydrogens is 1070 g/mol. The van der Waals surface area contributed by atoms with Gasteiger partial charge in [0.25, 0.3) is 34.4 Å². The molecule has 3 N–H and O–H groups in total. The number of amides is 3. The topological polar surface area (TPSA) is 188 Å². The molecule has 0 saturated heterocycles. The SMILES string of the molecule is C.[2H]C([2H])([2H])C([2H])([2H])N(C(=O)c1c(O)c2c(Cl)cccc2n(C)c1=O)c1cccc(C)c1.[2H]c1c([2H])c(C)c([2H])c(N(C(=O)c2c(O)c3c(Cl)cccc3n(C)c2=O)C([2H])([2H])C([2H])([2H])[2H])c1[2H].[2H]c1c([2H])c(C)c([2H])c(N(CC)C(=O)c2c(O)c3c(Cl)cccc3n(C)c2=O)c1[2H]. The predicted molar refractivity (Wildman–Crippen MR) is 320 cm³/mol. The van der Waals surface area contributed by atoms with Crippen LogP contribution in [0.15, 0.2) is 142 Å². The second-order valence-electron chi connectivity index (χ2n) is 17.0. The molecular formula is C61H61Cl3N6O9. The number of aromatic nitrogens is 3. The van der Waals surface area contributed by atoms with Gasteiger partial charge in [-0.3, -0.25) is 28.8 Å². The highest BCUT2D eigenvalue weighted by molar-refractivity contribution is 6.37. The fourth-order valence-electron chi connectivity index (χ4n) is 8.23. The molecule has 0 aliphatic heterocycles. The Labute approximate surface area is 497 Å². The number of benzene rings is 6. The van der Waals surface area contributed by atoms with Gasteiger partial charge in [-0.15, -0.1) is 0 Å². The van der Waals surface area contributed by atoms with E-state index in [0.717, 1.165) is 14.0 Å². The lowest BCUT2D eigenvalue weighted by molar-refractivity contribution is 0.0975. The van der Waals surface area contributed by atoms with E-state index < -0.39 is 137 Å². The van der Waals surface area contributed by atoms with Crippen LogP contribution in [0.3, 0.4) is 0 Å². The summed E-state index contributed by atoms with van der Waals surface area (Å²) in [5, 5.41) is 32.7. The fourth-order valence-corrected chi connectivity index (χ4v) is 9.01. The molecule has 0 aliphatic carbocycles. The van der Waals surface area contributed by atoms with Crippen molar-refractivity contribution in [2.24, 2.45) is 21.1 Å². The average molecular weight is 1150 g/mol. The van der Waals surface area contributed by atoms with Gasteiger partial charge in [-0.2, -0.15) is 0 Å². The third kappa shape index (κ3) is 11.6. The van der Waals surface area contributed by atoms with Crippen LogP contribution in [-0.2, 0) is 21.1 Å². The number of carbonyl (C=O) groups is 3. The minimum absolute atomic E-state index is 0. The van der Waals surface area contributed by atoms with Gasteiger partial charge in [-0.1, -0.05) is 96.7 Å². The number of pyridine rings is 3. The van der Waals surface area contributed by atoms with Gasteiger partial charge in [-0.05, 0) is 131 Å². The molecule has 0 fully saturated rings. The van der Waals surface area contributed by atoms with Gasteiger partial charge >= 0.3 is 0 Å². The number of hydrogen-bond acceptors (Lipinski definition) is 9. The summed E-state index contributed by atoms with van der Waals surface area (Å²) in [7, 11) is 4.07. The first-order valence-electron chi connectivity index (χ1n) is 32.0. The molecule has 0 atom stereocenters. The van der Waals surface area contributed by atoms with Crippen molar-refractivity contribution in [2.45, 2.75) is 48.8 Å². The van der Waals surface area contributed by atoms with E-state index in [1.54, 1.807) is 38.1 Å². The quantitative estimate of drug-likeness (QED) is 0.126. The van der Waals surface area contributed by atoms with Crippen LogP contribution in [0.4, 0.5) is 17.1 Å². The van der Waals surface area contributed by atoms with Crippen LogP contribution in [0.1, 0.15) is 100 Å². The summed E-state index contributed by atoms with van der Waals surface area (Å²) in [6, 6.07) is 15.1. The van der Waals surface area contributed by atoms with Crippen LogP contribution in [0.5, 0.6) is 17.2 Å². The van der Waals surface area contributed by atoms with Gasteiger partial charge in [0, 0.05) is 71.5 Å². The Morgan fingerprint density at radius 2 is 0.873 bits per heavy atom. The highest BCUT2D eigenvalue weighted by Crippen LogP contribution is 2.36. The summed E-state index contributed by atoms with van der Waals surface area (Å²) >= 11 is 18.5. The number of hydrogen-bond donors (Lipinski definition) is 3. The molecule has 0 bridgehead atoms. The van der Waals surface area contributed by atoms with Crippen molar-refractivity contribution in [1.82, 2.24) is 13.7 Å². The van der Waals surface area contributed by atoms with Crippen LogP contribution in [0.2, 0.25) is 15.1 Å². The highest BCUT2D eigenvalue weighted by Gasteiger charge is 2.30. The third-order valence-corrected chi connectivity index (χ3v) is 13.0. The number of rotatable bonds is 9. The first kappa shape index (κ1) is 39.1. The largest absolute Gasteiger partial charge is 0.506 e.